The van der Waals surface area contributed by atoms with Gasteiger partial charge in [0, 0.05) is 13.0 Å². The van der Waals surface area contributed by atoms with Crippen molar-refractivity contribution < 1.29 is 0 Å². The molecule has 1 aromatic heterocycles. The van der Waals surface area contributed by atoms with E-state index in [0.717, 1.165) is 35.9 Å². The normalized spacial score (nSPS) is 17.8. The van der Waals surface area contributed by atoms with Crippen LogP contribution in [0.15, 0.2) is 0 Å². The highest BCUT2D eigenvalue weighted by molar-refractivity contribution is 7.99. The third-order valence-electron chi connectivity index (χ3n) is 3.09. The van der Waals surface area contributed by atoms with Crippen LogP contribution in [0.1, 0.15) is 32.0 Å². The fourth-order valence-corrected chi connectivity index (χ4v) is 3.57. The number of rotatable bonds is 4. The van der Waals surface area contributed by atoms with Crippen molar-refractivity contribution in [3.63, 3.8) is 0 Å². The van der Waals surface area contributed by atoms with Gasteiger partial charge in [0.25, 0.3) is 0 Å². The van der Waals surface area contributed by atoms with Gasteiger partial charge in [0.2, 0.25) is 0 Å². The Morgan fingerprint density at radius 2 is 2.25 bits per heavy atom. The Hall–Kier alpha value is -0.290. The molecule has 0 amide bonds. The van der Waals surface area contributed by atoms with Gasteiger partial charge in [-0.05, 0) is 48.9 Å². The highest BCUT2D eigenvalue weighted by Gasteiger charge is 2.16. The van der Waals surface area contributed by atoms with Gasteiger partial charge in [0.1, 0.15) is 5.82 Å². The van der Waals surface area contributed by atoms with Gasteiger partial charge >= 0.3 is 0 Å². The molecule has 1 fully saturated rings. The average Bonchev–Trinajstić information content (AvgIpc) is 2.64. The predicted molar refractivity (Wildman–Crippen MR) is 71.5 cm³/mol. The van der Waals surface area contributed by atoms with E-state index in [0.29, 0.717) is 0 Å². The largest absolute Gasteiger partial charge is 0.304 e. The molecule has 1 saturated heterocycles. The van der Waals surface area contributed by atoms with E-state index in [9.17, 15) is 0 Å². The molecule has 90 valence electrons. The van der Waals surface area contributed by atoms with Crippen LogP contribution in [0.5, 0.6) is 0 Å². The third kappa shape index (κ3) is 2.88. The van der Waals surface area contributed by atoms with Crippen molar-refractivity contribution in [2.45, 2.75) is 39.2 Å². The Labute approximate surface area is 106 Å². The lowest BCUT2D eigenvalue weighted by molar-refractivity contribution is 0.406. The number of aromatic amines is 1. The monoisotopic (exact) mass is 257 g/mol. The first-order chi connectivity index (χ1) is 7.81. The Kier molecular flexibility index (Phi) is 4.46. The van der Waals surface area contributed by atoms with Crippen molar-refractivity contribution in [1.82, 2.24) is 14.8 Å². The summed E-state index contributed by atoms with van der Waals surface area (Å²) in [6.45, 7) is 3.24. The van der Waals surface area contributed by atoms with E-state index in [2.05, 4.69) is 33.5 Å². The smallest absolute Gasteiger partial charge is 0.195 e. The van der Waals surface area contributed by atoms with Gasteiger partial charge in [-0.1, -0.05) is 6.92 Å². The summed E-state index contributed by atoms with van der Waals surface area (Å²) in [6, 6.07) is 0. The highest BCUT2D eigenvalue weighted by Crippen LogP contribution is 2.24. The minimum absolute atomic E-state index is 0.793. The quantitative estimate of drug-likeness (QED) is 0.842. The van der Waals surface area contributed by atoms with Crippen LogP contribution < -0.4 is 0 Å². The van der Waals surface area contributed by atoms with Gasteiger partial charge in [-0.15, -0.1) is 0 Å². The summed E-state index contributed by atoms with van der Waals surface area (Å²) in [4.78, 5) is 0. The van der Waals surface area contributed by atoms with Crippen LogP contribution in [0, 0.1) is 10.7 Å². The van der Waals surface area contributed by atoms with Crippen molar-refractivity contribution in [2.24, 2.45) is 5.92 Å². The van der Waals surface area contributed by atoms with Gasteiger partial charge in [-0.25, -0.2) is 0 Å². The Bertz CT molecular complexity index is 377. The maximum absolute atomic E-state index is 5.30. The van der Waals surface area contributed by atoms with Crippen molar-refractivity contribution in [3.05, 3.63) is 10.6 Å². The number of hydrogen-bond donors (Lipinski definition) is 1. The molecule has 1 aliphatic rings. The number of aryl methyl sites for hydroxylation is 1. The molecule has 2 rings (SSSR count). The minimum atomic E-state index is 0.793. The van der Waals surface area contributed by atoms with E-state index in [4.69, 9.17) is 12.2 Å². The fourth-order valence-electron chi connectivity index (χ4n) is 2.14. The maximum Gasteiger partial charge on any atom is 0.195 e. The van der Waals surface area contributed by atoms with Crippen LogP contribution in [-0.2, 0) is 13.0 Å². The SMILES string of the molecule is CCCc1n[nH]c(=S)n1CC1CCSCC1. The maximum atomic E-state index is 5.30. The predicted octanol–water partition coefficient (Wildman–Crippen LogP) is 3.04. The van der Waals surface area contributed by atoms with Crippen LogP contribution in [0.2, 0.25) is 0 Å². The van der Waals surface area contributed by atoms with Gasteiger partial charge in [0.15, 0.2) is 4.77 Å². The standard InChI is InChI=1S/C11H19N3S2/c1-2-3-10-12-13-11(15)14(10)8-9-4-6-16-7-5-9/h9H,2-8H2,1H3,(H,13,15). The first kappa shape index (κ1) is 12.2. The second-order valence-corrected chi connectivity index (χ2v) is 5.97. The zero-order chi connectivity index (χ0) is 11.4. The molecule has 0 aromatic carbocycles. The summed E-state index contributed by atoms with van der Waals surface area (Å²) in [5.41, 5.74) is 0. The lowest BCUT2D eigenvalue weighted by Crippen LogP contribution is -2.18. The topological polar surface area (TPSA) is 33.6 Å². The van der Waals surface area contributed by atoms with E-state index in [1.807, 2.05) is 0 Å². The van der Waals surface area contributed by atoms with Crippen molar-refractivity contribution in [2.75, 3.05) is 11.5 Å². The molecule has 1 N–H and O–H groups in total. The van der Waals surface area contributed by atoms with Crippen molar-refractivity contribution in [3.8, 4) is 0 Å². The summed E-state index contributed by atoms with van der Waals surface area (Å²) in [6.07, 6.45) is 4.79. The summed E-state index contributed by atoms with van der Waals surface area (Å²) >= 11 is 7.37. The van der Waals surface area contributed by atoms with Crippen LogP contribution in [0.4, 0.5) is 0 Å². The van der Waals surface area contributed by atoms with E-state index in [1.54, 1.807) is 0 Å². The van der Waals surface area contributed by atoms with Crippen molar-refractivity contribution in [1.29, 1.82) is 0 Å². The molecular formula is C11H19N3S2. The van der Waals surface area contributed by atoms with Crippen LogP contribution in [-0.4, -0.2) is 26.3 Å². The second kappa shape index (κ2) is 5.87. The van der Waals surface area contributed by atoms with Gasteiger partial charge in [0.05, 0.1) is 0 Å². The van der Waals surface area contributed by atoms with Gasteiger partial charge in [-0.2, -0.15) is 16.9 Å². The first-order valence-electron chi connectivity index (χ1n) is 6.03. The number of nitrogens with one attached hydrogen (secondary N) is 1. The van der Waals surface area contributed by atoms with E-state index in [1.165, 1.54) is 24.3 Å². The zero-order valence-electron chi connectivity index (χ0n) is 9.74. The van der Waals surface area contributed by atoms with E-state index in [-0.39, 0.29) is 0 Å². The number of H-pyrrole nitrogens is 1. The van der Waals surface area contributed by atoms with Crippen LogP contribution in [0.25, 0.3) is 0 Å². The average molecular weight is 257 g/mol. The number of aromatic nitrogens is 3. The summed E-state index contributed by atoms with van der Waals surface area (Å²) in [7, 11) is 0. The Morgan fingerprint density at radius 1 is 1.50 bits per heavy atom. The molecule has 3 nitrogen and oxygen atoms in total. The van der Waals surface area contributed by atoms with E-state index >= 15 is 0 Å². The zero-order valence-corrected chi connectivity index (χ0v) is 11.4. The molecule has 0 bridgehead atoms. The summed E-state index contributed by atoms with van der Waals surface area (Å²) in [5, 5.41) is 7.23. The van der Waals surface area contributed by atoms with Crippen LogP contribution >= 0.6 is 24.0 Å². The lowest BCUT2D eigenvalue weighted by Gasteiger charge is -2.22. The summed E-state index contributed by atoms with van der Waals surface area (Å²) in [5.74, 6) is 4.53. The molecule has 0 unspecified atom stereocenters. The van der Waals surface area contributed by atoms with Gasteiger partial charge < -0.3 is 4.57 Å². The molecule has 0 atom stereocenters. The number of thioether (sulfide) groups is 1. The highest BCUT2D eigenvalue weighted by atomic mass is 32.2. The molecule has 2 heterocycles. The molecule has 0 saturated carbocycles. The third-order valence-corrected chi connectivity index (χ3v) is 4.45. The van der Waals surface area contributed by atoms with Crippen molar-refractivity contribution >= 4 is 24.0 Å². The fraction of sp³-hybridized carbons (Fsp3) is 0.818. The Morgan fingerprint density at radius 3 is 2.94 bits per heavy atom. The van der Waals surface area contributed by atoms with Crippen LogP contribution in [0.3, 0.4) is 0 Å². The molecule has 0 aliphatic carbocycles. The first-order valence-corrected chi connectivity index (χ1v) is 7.59. The summed E-state index contributed by atoms with van der Waals surface area (Å²) < 4.78 is 3.00. The second-order valence-electron chi connectivity index (χ2n) is 4.36. The molecule has 0 spiro atoms. The molecule has 16 heavy (non-hydrogen) atoms. The minimum Gasteiger partial charge on any atom is -0.304 e. The molecular weight excluding hydrogens is 238 g/mol. The molecule has 5 heteroatoms. The van der Waals surface area contributed by atoms with Gasteiger partial charge in [-0.3, -0.25) is 5.10 Å². The number of hydrogen-bond acceptors (Lipinski definition) is 3. The lowest BCUT2D eigenvalue weighted by atomic mass is 10.0. The Balaban J connectivity index is 2.06. The molecule has 1 aliphatic heterocycles. The molecule has 1 aromatic rings. The van der Waals surface area contributed by atoms with E-state index < -0.39 is 0 Å². The molecule has 0 radical (unpaired) electrons. The number of nitrogens with zero attached hydrogens (tertiary/aromatic N) is 2.